The number of aromatic nitrogens is 1. The quantitative estimate of drug-likeness (QED) is 0.804. The van der Waals surface area contributed by atoms with E-state index in [1.165, 1.54) is 0 Å². The van der Waals surface area contributed by atoms with Gasteiger partial charge >= 0.3 is 6.03 Å². The van der Waals surface area contributed by atoms with Crippen LogP contribution in [0.4, 0.5) is 16.2 Å². The number of nitrogens with two attached hydrogens (primary N) is 1. The van der Waals surface area contributed by atoms with E-state index in [-0.39, 0.29) is 12.1 Å². The second kappa shape index (κ2) is 4.61. The van der Waals surface area contributed by atoms with Crippen molar-refractivity contribution in [3.05, 3.63) is 54.4 Å². The molecule has 1 aromatic heterocycles. The van der Waals surface area contributed by atoms with Gasteiger partial charge in [-0.2, -0.15) is 0 Å². The molecule has 0 saturated carbocycles. The molecule has 1 unspecified atom stereocenters. The highest BCUT2D eigenvalue weighted by Crippen LogP contribution is 2.26. The molecule has 96 valence electrons. The highest BCUT2D eigenvalue weighted by molar-refractivity contribution is 5.95. The minimum absolute atomic E-state index is 0.0167. The number of nitrogens with zero attached hydrogens (tertiary/aromatic N) is 2. The number of pyridine rings is 1. The van der Waals surface area contributed by atoms with Gasteiger partial charge in [-0.15, -0.1) is 0 Å². The minimum Gasteiger partial charge on any atom is -0.399 e. The number of benzene rings is 1. The minimum atomic E-state index is -0.104. The average molecular weight is 254 g/mol. The lowest BCUT2D eigenvalue weighted by Gasteiger charge is -2.15. The zero-order chi connectivity index (χ0) is 13.2. The Kier molecular flexibility index (Phi) is 2.79. The molecule has 1 atom stereocenters. The molecule has 1 aliphatic heterocycles. The molecule has 1 aromatic carbocycles. The first-order valence-electron chi connectivity index (χ1n) is 6.07. The summed E-state index contributed by atoms with van der Waals surface area (Å²) in [6, 6.07) is 11.0. The van der Waals surface area contributed by atoms with E-state index in [1.807, 2.05) is 24.3 Å². The third kappa shape index (κ3) is 2.22. The van der Waals surface area contributed by atoms with Crippen molar-refractivity contribution in [2.45, 2.75) is 6.04 Å². The van der Waals surface area contributed by atoms with Crippen molar-refractivity contribution in [1.82, 2.24) is 10.3 Å². The van der Waals surface area contributed by atoms with E-state index in [4.69, 9.17) is 5.73 Å². The molecule has 2 amide bonds. The Balaban J connectivity index is 1.85. The molecular weight excluding hydrogens is 240 g/mol. The van der Waals surface area contributed by atoms with Gasteiger partial charge in [-0.1, -0.05) is 6.07 Å². The molecule has 5 heteroatoms. The first kappa shape index (κ1) is 11.5. The van der Waals surface area contributed by atoms with Crippen molar-refractivity contribution in [2.24, 2.45) is 0 Å². The molecule has 5 nitrogen and oxygen atoms in total. The molecule has 3 rings (SSSR count). The molecule has 2 heterocycles. The summed E-state index contributed by atoms with van der Waals surface area (Å²) in [6.07, 6.45) is 3.45. The molecule has 0 spiro atoms. The van der Waals surface area contributed by atoms with Crippen molar-refractivity contribution in [3.8, 4) is 0 Å². The van der Waals surface area contributed by atoms with E-state index in [0.29, 0.717) is 12.2 Å². The van der Waals surface area contributed by atoms with Crippen LogP contribution in [0.15, 0.2) is 48.8 Å². The number of hydrogen-bond acceptors (Lipinski definition) is 3. The van der Waals surface area contributed by atoms with Crippen LogP contribution in [0.3, 0.4) is 0 Å². The van der Waals surface area contributed by atoms with Crippen LogP contribution in [0.25, 0.3) is 0 Å². The summed E-state index contributed by atoms with van der Waals surface area (Å²) in [7, 11) is 0. The van der Waals surface area contributed by atoms with Gasteiger partial charge in [0.1, 0.15) is 0 Å². The van der Waals surface area contributed by atoms with E-state index < -0.39 is 0 Å². The Morgan fingerprint density at radius 1 is 1.26 bits per heavy atom. The van der Waals surface area contributed by atoms with Crippen LogP contribution < -0.4 is 16.0 Å². The molecule has 1 saturated heterocycles. The maximum atomic E-state index is 12.0. The van der Waals surface area contributed by atoms with Gasteiger partial charge < -0.3 is 11.1 Å². The Morgan fingerprint density at radius 3 is 2.79 bits per heavy atom. The zero-order valence-corrected chi connectivity index (χ0v) is 10.3. The second-order valence-electron chi connectivity index (χ2n) is 4.49. The standard InChI is InChI=1S/C14H14N4O/c15-11-2-1-3-12(8-11)18-9-13(17-14(18)19)10-4-6-16-7-5-10/h1-8,13H,9,15H2,(H,17,19). The molecule has 1 aliphatic rings. The van der Waals surface area contributed by atoms with Gasteiger partial charge in [-0.3, -0.25) is 9.88 Å². The molecule has 19 heavy (non-hydrogen) atoms. The van der Waals surface area contributed by atoms with Crippen molar-refractivity contribution < 1.29 is 4.79 Å². The Bertz CT molecular complexity index is 599. The molecule has 3 N–H and O–H groups in total. The van der Waals surface area contributed by atoms with E-state index in [2.05, 4.69) is 10.3 Å². The molecule has 1 fully saturated rings. The summed E-state index contributed by atoms with van der Waals surface area (Å²) < 4.78 is 0. The van der Waals surface area contributed by atoms with Crippen LogP contribution >= 0.6 is 0 Å². The number of anilines is 2. The maximum absolute atomic E-state index is 12.0. The first-order chi connectivity index (χ1) is 9.24. The van der Waals surface area contributed by atoms with E-state index in [9.17, 15) is 4.79 Å². The summed E-state index contributed by atoms with van der Waals surface area (Å²) in [6.45, 7) is 0.590. The van der Waals surface area contributed by atoms with Gasteiger partial charge in [0.2, 0.25) is 0 Å². The topological polar surface area (TPSA) is 71.2 Å². The molecule has 0 radical (unpaired) electrons. The number of amides is 2. The largest absolute Gasteiger partial charge is 0.399 e. The van der Waals surface area contributed by atoms with Crippen molar-refractivity contribution in [3.63, 3.8) is 0 Å². The third-order valence-electron chi connectivity index (χ3n) is 3.20. The van der Waals surface area contributed by atoms with Crippen LogP contribution in [-0.2, 0) is 0 Å². The fourth-order valence-corrected chi connectivity index (χ4v) is 2.24. The SMILES string of the molecule is Nc1cccc(N2CC(c3ccncc3)NC2=O)c1. The smallest absolute Gasteiger partial charge is 0.322 e. The molecule has 0 bridgehead atoms. The van der Waals surface area contributed by atoms with Gasteiger partial charge in [0, 0.05) is 23.8 Å². The van der Waals surface area contributed by atoms with E-state index >= 15 is 0 Å². The lowest BCUT2D eigenvalue weighted by atomic mass is 10.1. The summed E-state index contributed by atoms with van der Waals surface area (Å²) in [5.74, 6) is 0. The van der Waals surface area contributed by atoms with Gasteiger partial charge in [0.25, 0.3) is 0 Å². The van der Waals surface area contributed by atoms with E-state index in [0.717, 1.165) is 11.3 Å². The summed E-state index contributed by atoms with van der Waals surface area (Å²) in [5.41, 5.74) is 8.27. The third-order valence-corrected chi connectivity index (χ3v) is 3.20. The monoisotopic (exact) mass is 254 g/mol. The number of carbonyl (C=O) groups is 1. The van der Waals surface area contributed by atoms with Crippen molar-refractivity contribution in [1.29, 1.82) is 0 Å². The Labute approximate surface area is 111 Å². The lowest BCUT2D eigenvalue weighted by molar-refractivity contribution is 0.251. The predicted molar refractivity (Wildman–Crippen MR) is 73.7 cm³/mol. The Morgan fingerprint density at radius 2 is 2.05 bits per heavy atom. The van der Waals surface area contributed by atoms with Gasteiger partial charge in [0.15, 0.2) is 0 Å². The van der Waals surface area contributed by atoms with Crippen LogP contribution in [-0.4, -0.2) is 17.6 Å². The summed E-state index contributed by atoms with van der Waals surface area (Å²) in [5, 5.41) is 2.96. The van der Waals surface area contributed by atoms with Crippen LogP contribution in [0.2, 0.25) is 0 Å². The summed E-state index contributed by atoms with van der Waals surface area (Å²) >= 11 is 0. The maximum Gasteiger partial charge on any atom is 0.322 e. The van der Waals surface area contributed by atoms with Crippen molar-refractivity contribution in [2.75, 3.05) is 17.2 Å². The normalized spacial score (nSPS) is 18.4. The zero-order valence-electron chi connectivity index (χ0n) is 10.3. The fourth-order valence-electron chi connectivity index (χ4n) is 2.24. The van der Waals surface area contributed by atoms with Crippen LogP contribution in [0.5, 0.6) is 0 Å². The molecule has 0 aliphatic carbocycles. The second-order valence-corrected chi connectivity index (χ2v) is 4.49. The highest BCUT2D eigenvalue weighted by atomic mass is 16.2. The summed E-state index contributed by atoms with van der Waals surface area (Å²) in [4.78, 5) is 17.7. The number of hydrogen-bond donors (Lipinski definition) is 2. The fraction of sp³-hybridized carbons (Fsp3) is 0.143. The number of nitrogen functional groups attached to an aromatic ring is 1. The highest BCUT2D eigenvalue weighted by Gasteiger charge is 2.30. The Hall–Kier alpha value is -2.56. The number of urea groups is 1. The molecule has 2 aromatic rings. The van der Waals surface area contributed by atoms with Gasteiger partial charge in [0.05, 0.1) is 12.6 Å². The van der Waals surface area contributed by atoms with E-state index in [1.54, 1.807) is 29.4 Å². The predicted octanol–water partition coefficient (Wildman–Crippen LogP) is 1.93. The van der Waals surface area contributed by atoms with Gasteiger partial charge in [-0.25, -0.2) is 4.79 Å². The lowest BCUT2D eigenvalue weighted by Crippen LogP contribution is -2.27. The van der Waals surface area contributed by atoms with Crippen molar-refractivity contribution >= 4 is 17.4 Å². The number of carbonyl (C=O) groups excluding carboxylic acids is 1. The van der Waals surface area contributed by atoms with Crippen LogP contribution in [0, 0.1) is 0 Å². The average Bonchev–Trinajstić information content (AvgIpc) is 2.82. The van der Waals surface area contributed by atoms with Crippen LogP contribution in [0.1, 0.15) is 11.6 Å². The number of nitrogens with one attached hydrogen (secondary N) is 1. The van der Waals surface area contributed by atoms with Gasteiger partial charge in [-0.05, 0) is 35.9 Å². The molecular formula is C14H14N4O. The number of rotatable bonds is 2. The first-order valence-corrected chi connectivity index (χ1v) is 6.07.